The third-order valence-corrected chi connectivity index (χ3v) is 2.96. The summed E-state index contributed by atoms with van der Waals surface area (Å²) >= 11 is 0. The maximum Gasteiger partial charge on any atom is 0.0153 e. The molecule has 0 aromatic rings. The van der Waals surface area contributed by atoms with Crippen LogP contribution in [0.2, 0.25) is 0 Å². The van der Waals surface area contributed by atoms with Gasteiger partial charge < -0.3 is 5.32 Å². The average Bonchev–Trinajstić information content (AvgIpc) is 2.05. The monoisotopic (exact) mass is 185 g/mol. The van der Waals surface area contributed by atoms with Crippen LogP contribution in [0.15, 0.2) is 0 Å². The van der Waals surface area contributed by atoms with Crippen molar-refractivity contribution < 1.29 is 0 Å². The van der Waals surface area contributed by atoms with Gasteiger partial charge in [-0.2, -0.15) is 0 Å². The fourth-order valence-electron chi connectivity index (χ4n) is 2.13. The van der Waals surface area contributed by atoms with Gasteiger partial charge in [-0.05, 0) is 32.2 Å². The van der Waals surface area contributed by atoms with Gasteiger partial charge in [0, 0.05) is 5.54 Å². The first-order valence-electron chi connectivity index (χ1n) is 5.83. The lowest BCUT2D eigenvalue weighted by Crippen LogP contribution is -2.42. The molecule has 1 nitrogen and oxygen atoms in total. The minimum atomic E-state index is 0.364. The Bertz CT molecular complexity index is 122. The zero-order valence-electron chi connectivity index (χ0n) is 10.1. The molecule has 0 saturated heterocycles. The summed E-state index contributed by atoms with van der Waals surface area (Å²) in [6.07, 6.45) is 5.22. The normalized spacial score (nSPS) is 18.2. The topological polar surface area (TPSA) is 12.0 Å². The molecule has 0 radical (unpaired) electrons. The Morgan fingerprint density at radius 1 is 1.23 bits per heavy atom. The van der Waals surface area contributed by atoms with E-state index >= 15 is 0 Å². The van der Waals surface area contributed by atoms with Crippen LogP contribution in [0, 0.1) is 5.92 Å². The van der Waals surface area contributed by atoms with E-state index in [4.69, 9.17) is 0 Å². The molecule has 0 aliphatic heterocycles. The Balaban J connectivity index is 3.93. The highest BCUT2D eigenvalue weighted by molar-refractivity contribution is 4.82. The largest absolute Gasteiger partial charge is 0.312 e. The molecule has 0 amide bonds. The van der Waals surface area contributed by atoms with Gasteiger partial charge in [0.2, 0.25) is 0 Å². The summed E-state index contributed by atoms with van der Waals surface area (Å²) in [6, 6.07) is 0. The van der Waals surface area contributed by atoms with Gasteiger partial charge in [0.15, 0.2) is 0 Å². The molecule has 80 valence electrons. The number of hydrogen-bond acceptors (Lipinski definition) is 1. The van der Waals surface area contributed by atoms with Gasteiger partial charge in [0.1, 0.15) is 0 Å². The molecule has 0 fully saturated rings. The Morgan fingerprint density at radius 2 is 1.85 bits per heavy atom. The zero-order valence-corrected chi connectivity index (χ0v) is 10.1. The van der Waals surface area contributed by atoms with Gasteiger partial charge in [-0.3, -0.25) is 0 Å². The summed E-state index contributed by atoms with van der Waals surface area (Å²) < 4.78 is 0. The number of nitrogens with one attached hydrogen (secondary N) is 1. The second kappa shape index (κ2) is 6.42. The third-order valence-electron chi connectivity index (χ3n) is 2.96. The highest BCUT2D eigenvalue weighted by Crippen LogP contribution is 2.22. The molecule has 0 aromatic carbocycles. The lowest BCUT2D eigenvalue weighted by Gasteiger charge is -2.32. The van der Waals surface area contributed by atoms with E-state index in [2.05, 4.69) is 39.9 Å². The van der Waals surface area contributed by atoms with Gasteiger partial charge >= 0.3 is 0 Å². The quantitative estimate of drug-likeness (QED) is 0.639. The fourth-order valence-corrected chi connectivity index (χ4v) is 2.13. The average molecular weight is 185 g/mol. The molecule has 0 unspecified atom stereocenters. The molecular formula is C12H27N. The van der Waals surface area contributed by atoms with E-state index in [0.29, 0.717) is 5.54 Å². The highest BCUT2D eigenvalue weighted by atomic mass is 14.9. The molecule has 0 rings (SSSR count). The van der Waals surface area contributed by atoms with Crippen LogP contribution in [-0.2, 0) is 0 Å². The van der Waals surface area contributed by atoms with E-state index in [-0.39, 0.29) is 0 Å². The van der Waals surface area contributed by atoms with Crippen molar-refractivity contribution in [2.45, 2.75) is 65.8 Å². The Morgan fingerprint density at radius 3 is 2.23 bits per heavy atom. The second-order valence-corrected chi connectivity index (χ2v) is 4.54. The first-order valence-corrected chi connectivity index (χ1v) is 5.83. The molecular weight excluding hydrogens is 158 g/mol. The lowest BCUT2D eigenvalue weighted by atomic mass is 9.85. The first kappa shape index (κ1) is 13.0. The summed E-state index contributed by atoms with van der Waals surface area (Å²) in [5, 5.41) is 3.60. The van der Waals surface area contributed by atoms with Crippen molar-refractivity contribution in [3.8, 4) is 0 Å². The van der Waals surface area contributed by atoms with Gasteiger partial charge in [0.25, 0.3) is 0 Å². The van der Waals surface area contributed by atoms with Crippen LogP contribution in [0.3, 0.4) is 0 Å². The van der Waals surface area contributed by atoms with Crippen molar-refractivity contribution in [1.82, 2.24) is 5.32 Å². The highest BCUT2D eigenvalue weighted by Gasteiger charge is 2.22. The van der Waals surface area contributed by atoms with E-state index in [1.807, 2.05) is 0 Å². The van der Waals surface area contributed by atoms with Gasteiger partial charge in [0.05, 0.1) is 0 Å². The maximum absolute atomic E-state index is 3.60. The number of hydrogen-bond donors (Lipinski definition) is 1. The Hall–Kier alpha value is -0.0400. The van der Waals surface area contributed by atoms with Crippen LogP contribution >= 0.6 is 0 Å². The molecule has 0 saturated carbocycles. The van der Waals surface area contributed by atoms with Crippen LogP contribution in [0.25, 0.3) is 0 Å². The Kier molecular flexibility index (Phi) is 6.40. The van der Waals surface area contributed by atoms with Crippen molar-refractivity contribution in [3.05, 3.63) is 0 Å². The second-order valence-electron chi connectivity index (χ2n) is 4.54. The van der Waals surface area contributed by atoms with E-state index in [1.54, 1.807) is 0 Å². The smallest absolute Gasteiger partial charge is 0.0153 e. The van der Waals surface area contributed by atoms with Crippen molar-refractivity contribution in [2.24, 2.45) is 5.92 Å². The van der Waals surface area contributed by atoms with Gasteiger partial charge in [-0.25, -0.2) is 0 Å². The maximum atomic E-state index is 3.60. The molecule has 13 heavy (non-hydrogen) atoms. The van der Waals surface area contributed by atoms with Crippen LogP contribution in [0.5, 0.6) is 0 Å². The molecule has 0 aliphatic rings. The lowest BCUT2D eigenvalue weighted by molar-refractivity contribution is 0.271. The van der Waals surface area contributed by atoms with Crippen LogP contribution in [-0.4, -0.2) is 12.1 Å². The van der Waals surface area contributed by atoms with Crippen molar-refractivity contribution in [3.63, 3.8) is 0 Å². The van der Waals surface area contributed by atoms with Gasteiger partial charge in [-0.1, -0.05) is 40.5 Å². The van der Waals surface area contributed by atoms with Crippen molar-refractivity contribution in [1.29, 1.82) is 0 Å². The van der Waals surface area contributed by atoms with Crippen LogP contribution < -0.4 is 5.32 Å². The Labute approximate surface area is 84.3 Å². The summed E-state index contributed by atoms with van der Waals surface area (Å²) in [5.74, 6) is 0.856. The minimum absolute atomic E-state index is 0.364. The molecule has 1 heteroatoms. The predicted molar refractivity (Wildman–Crippen MR) is 61.1 cm³/mol. The third kappa shape index (κ3) is 5.30. The molecule has 0 aromatic heterocycles. The van der Waals surface area contributed by atoms with Crippen LogP contribution in [0.1, 0.15) is 60.3 Å². The van der Waals surface area contributed by atoms with E-state index < -0.39 is 0 Å². The number of rotatable bonds is 7. The first-order chi connectivity index (χ1) is 6.08. The van der Waals surface area contributed by atoms with E-state index in [0.717, 1.165) is 12.5 Å². The van der Waals surface area contributed by atoms with E-state index in [1.165, 1.54) is 25.7 Å². The van der Waals surface area contributed by atoms with E-state index in [9.17, 15) is 0 Å². The summed E-state index contributed by atoms with van der Waals surface area (Å²) in [6.45, 7) is 12.5. The summed E-state index contributed by atoms with van der Waals surface area (Å²) in [7, 11) is 0. The summed E-state index contributed by atoms with van der Waals surface area (Å²) in [4.78, 5) is 0. The standard InChI is InChI=1S/C12H27N/c1-6-9-11(4)10-12(5,7-2)13-8-3/h11,13H,6-10H2,1-5H3/t11-,12+/m1/s1. The minimum Gasteiger partial charge on any atom is -0.312 e. The molecule has 2 atom stereocenters. The molecule has 0 spiro atoms. The fraction of sp³-hybridized carbons (Fsp3) is 1.00. The molecule has 0 heterocycles. The molecule has 1 N–H and O–H groups in total. The summed E-state index contributed by atoms with van der Waals surface area (Å²) in [5.41, 5.74) is 0.364. The molecule has 0 bridgehead atoms. The predicted octanol–water partition coefficient (Wildman–Crippen LogP) is 3.59. The van der Waals surface area contributed by atoms with Crippen LogP contribution in [0.4, 0.5) is 0 Å². The van der Waals surface area contributed by atoms with Crippen molar-refractivity contribution >= 4 is 0 Å². The van der Waals surface area contributed by atoms with Crippen molar-refractivity contribution in [2.75, 3.05) is 6.54 Å². The SMILES string of the molecule is CCC[C@@H](C)C[C@](C)(CC)NCC. The zero-order chi connectivity index (χ0) is 10.3. The molecule has 0 aliphatic carbocycles. The van der Waals surface area contributed by atoms with Gasteiger partial charge in [-0.15, -0.1) is 0 Å².